The first-order valence-corrected chi connectivity index (χ1v) is 8.85. The fourth-order valence-corrected chi connectivity index (χ4v) is 4.93. The second kappa shape index (κ2) is 6.25. The monoisotopic (exact) mass is 294 g/mol. The summed E-state index contributed by atoms with van der Waals surface area (Å²) in [4.78, 5) is 15.1. The minimum Gasteiger partial charge on any atom is -0.465 e. The van der Waals surface area contributed by atoms with E-state index in [4.69, 9.17) is 4.74 Å². The molecular weight excluding hydrogens is 264 g/mol. The molecule has 0 amide bonds. The Labute approximate surface area is 128 Å². The van der Waals surface area contributed by atoms with Crippen molar-refractivity contribution in [3.05, 3.63) is 0 Å². The van der Waals surface area contributed by atoms with Crippen LogP contribution in [0, 0.1) is 11.8 Å². The van der Waals surface area contributed by atoms with E-state index in [-0.39, 0.29) is 5.97 Å². The number of rotatable bonds is 5. The zero-order valence-electron chi connectivity index (χ0n) is 13.6. The van der Waals surface area contributed by atoms with Gasteiger partial charge in [0.15, 0.2) is 0 Å². The molecule has 1 saturated heterocycles. The van der Waals surface area contributed by atoms with Crippen molar-refractivity contribution in [1.82, 2.24) is 10.2 Å². The summed E-state index contributed by atoms with van der Waals surface area (Å²) in [6.07, 6.45) is 7.26. The maximum atomic E-state index is 12.4. The molecule has 4 unspecified atom stereocenters. The molecule has 1 heterocycles. The van der Waals surface area contributed by atoms with E-state index in [0.717, 1.165) is 37.6 Å². The molecule has 2 saturated carbocycles. The Morgan fingerprint density at radius 2 is 1.95 bits per heavy atom. The van der Waals surface area contributed by atoms with Crippen molar-refractivity contribution in [1.29, 1.82) is 0 Å². The largest absolute Gasteiger partial charge is 0.465 e. The van der Waals surface area contributed by atoms with Crippen LogP contribution in [0.15, 0.2) is 0 Å². The van der Waals surface area contributed by atoms with Crippen LogP contribution in [0.25, 0.3) is 0 Å². The minimum atomic E-state index is -0.423. The summed E-state index contributed by atoms with van der Waals surface area (Å²) in [6.45, 7) is 7.81. The van der Waals surface area contributed by atoms with Gasteiger partial charge < -0.3 is 10.1 Å². The lowest BCUT2D eigenvalue weighted by molar-refractivity contribution is -0.151. The summed E-state index contributed by atoms with van der Waals surface area (Å²) in [5.74, 6) is 1.83. The SMILES string of the molecule is CCNC1(C(=O)OCC)CCC(N2CC3CCCC3C2)C1. The molecule has 1 aliphatic heterocycles. The lowest BCUT2D eigenvalue weighted by Crippen LogP contribution is -2.52. The van der Waals surface area contributed by atoms with Gasteiger partial charge in [-0.25, -0.2) is 0 Å². The highest BCUT2D eigenvalue weighted by atomic mass is 16.5. The van der Waals surface area contributed by atoms with Gasteiger partial charge in [-0.1, -0.05) is 13.3 Å². The summed E-state index contributed by atoms with van der Waals surface area (Å²) in [5.41, 5.74) is -0.423. The van der Waals surface area contributed by atoms with Crippen LogP contribution < -0.4 is 5.32 Å². The Bertz CT molecular complexity index is 375. The third kappa shape index (κ3) is 2.85. The molecule has 3 aliphatic rings. The molecule has 3 fully saturated rings. The summed E-state index contributed by atoms with van der Waals surface area (Å²) in [5, 5.41) is 3.45. The maximum absolute atomic E-state index is 12.4. The number of nitrogens with zero attached hydrogens (tertiary/aromatic N) is 1. The molecule has 2 aliphatic carbocycles. The molecule has 0 aromatic heterocycles. The van der Waals surface area contributed by atoms with Crippen LogP contribution in [0.5, 0.6) is 0 Å². The smallest absolute Gasteiger partial charge is 0.326 e. The van der Waals surface area contributed by atoms with Crippen LogP contribution >= 0.6 is 0 Å². The van der Waals surface area contributed by atoms with Crippen molar-refractivity contribution in [3.63, 3.8) is 0 Å². The summed E-state index contributed by atoms with van der Waals surface area (Å²) < 4.78 is 5.35. The van der Waals surface area contributed by atoms with E-state index in [2.05, 4.69) is 17.1 Å². The number of carbonyl (C=O) groups excluding carboxylic acids is 1. The first-order valence-electron chi connectivity index (χ1n) is 8.85. The molecule has 0 bridgehead atoms. The number of likely N-dealkylation sites (tertiary alicyclic amines) is 1. The van der Waals surface area contributed by atoms with E-state index in [1.807, 2.05) is 6.92 Å². The molecule has 1 N–H and O–H groups in total. The molecular formula is C17H30N2O2. The fourth-order valence-electron chi connectivity index (χ4n) is 4.93. The molecule has 0 aromatic carbocycles. The van der Waals surface area contributed by atoms with Gasteiger partial charge in [0.25, 0.3) is 0 Å². The number of hydrogen-bond donors (Lipinski definition) is 1. The topological polar surface area (TPSA) is 41.6 Å². The Morgan fingerprint density at radius 3 is 2.57 bits per heavy atom. The van der Waals surface area contributed by atoms with Gasteiger partial charge in [-0.2, -0.15) is 0 Å². The molecule has 4 nitrogen and oxygen atoms in total. The highest BCUT2D eigenvalue weighted by Crippen LogP contribution is 2.42. The first kappa shape index (κ1) is 15.3. The lowest BCUT2D eigenvalue weighted by atomic mass is 9.97. The molecule has 21 heavy (non-hydrogen) atoms. The highest BCUT2D eigenvalue weighted by Gasteiger charge is 2.49. The number of carbonyl (C=O) groups is 1. The molecule has 3 rings (SSSR count). The average Bonchev–Trinajstić information content (AvgIpc) is 3.12. The van der Waals surface area contributed by atoms with Crippen molar-refractivity contribution in [3.8, 4) is 0 Å². The number of nitrogens with one attached hydrogen (secondary N) is 1. The van der Waals surface area contributed by atoms with Crippen molar-refractivity contribution < 1.29 is 9.53 Å². The van der Waals surface area contributed by atoms with Crippen molar-refractivity contribution >= 4 is 5.97 Å². The normalized spacial score (nSPS) is 39.6. The summed E-state index contributed by atoms with van der Waals surface area (Å²) in [6, 6.07) is 0.569. The number of esters is 1. The van der Waals surface area contributed by atoms with Gasteiger partial charge in [0.1, 0.15) is 5.54 Å². The number of fused-ring (bicyclic) bond motifs is 1. The minimum absolute atomic E-state index is 0.0336. The van der Waals surface area contributed by atoms with Crippen LogP contribution in [-0.2, 0) is 9.53 Å². The van der Waals surface area contributed by atoms with Gasteiger partial charge in [0, 0.05) is 19.1 Å². The molecule has 4 heteroatoms. The maximum Gasteiger partial charge on any atom is 0.326 e. The zero-order chi connectivity index (χ0) is 14.9. The average molecular weight is 294 g/mol. The number of hydrogen-bond acceptors (Lipinski definition) is 4. The summed E-state index contributed by atoms with van der Waals surface area (Å²) >= 11 is 0. The van der Waals surface area contributed by atoms with E-state index < -0.39 is 5.54 Å². The van der Waals surface area contributed by atoms with Crippen molar-refractivity contribution in [2.75, 3.05) is 26.2 Å². The van der Waals surface area contributed by atoms with Crippen LogP contribution in [0.1, 0.15) is 52.4 Å². The van der Waals surface area contributed by atoms with Gasteiger partial charge in [-0.3, -0.25) is 9.69 Å². The van der Waals surface area contributed by atoms with Crippen molar-refractivity contribution in [2.45, 2.75) is 64.0 Å². The predicted molar refractivity (Wildman–Crippen MR) is 83.1 cm³/mol. The quantitative estimate of drug-likeness (QED) is 0.789. The van der Waals surface area contributed by atoms with E-state index in [9.17, 15) is 4.79 Å². The van der Waals surface area contributed by atoms with Crippen LogP contribution in [0.2, 0.25) is 0 Å². The summed E-state index contributed by atoms with van der Waals surface area (Å²) in [7, 11) is 0. The van der Waals surface area contributed by atoms with E-state index in [1.165, 1.54) is 32.4 Å². The van der Waals surface area contributed by atoms with E-state index in [0.29, 0.717) is 12.6 Å². The van der Waals surface area contributed by atoms with E-state index in [1.54, 1.807) is 0 Å². The number of ether oxygens (including phenoxy) is 1. The Kier molecular flexibility index (Phi) is 4.55. The Balaban J connectivity index is 1.63. The van der Waals surface area contributed by atoms with Crippen molar-refractivity contribution in [2.24, 2.45) is 11.8 Å². The molecule has 0 aromatic rings. The van der Waals surface area contributed by atoms with Gasteiger partial charge in [-0.05, 0) is 57.4 Å². The lowest BCUT2D eigenvalue weighted by Gasteiger charge is -2.30. The molecule has 0 spiro atoms. The third-order valence-electron chi connectivity index (χ3n) is 5.94. The zero-order valence-corrected chi connectivity index (χ0v) is 13.6. The fraction of sp³-hybridized carbons (Fsp3) is 0.941. The Morgan fingerprint density at radius 1 is 1.24 bits per heavy atom. The second-order valence-electron chi connectivity index (χ2n) is 7.13. The Hall–Kier alpha value is -0.610. The van der Waals surface area contributed by atoms with Crippen LogP contribution in [0.3, 0.4) is 0 Å². The van der Waals surface area contributed by atoms with Crippen LogP contribution in [-0.4, -0.2) is 48.7 Å². The predicted octanol–water partition coefficient (Wildman–Crippen LogP) is 2.18. The molecule has 4 atom stereocenters. The van der Waals surface area contributed by atoms with Gasteiger partial charge in [0.05, 0.1) is 6.61 Å². The molecule has 120 valence electrons. The van der Waals surface area contributed by atoms with Gasteiger partial charge >= 0.3 is 5.97 Å². The standard InChI is InChI=1S/C17H30N2O2/c1-3-18-17(16(20)21-4-2)9-8-15(10-17)19-11-13-6-5-7-14(13)12-19/h13-15,18H,3-12H2,1-2H3. The first-order chi connectivity index (χ1) is 10.2. The third-order valence-corrected chi connectivity index (χ3v) is 5.94. The van der Waals surface area contributed by atoms with Gasteiger partial charge in [0.2, 0.25) is 0 Å². The highest BCUT2D eigenvalue weighted by molar-refractivity contribution is 5.81. The van der Waals surface area contributed by atoms with E-state index >= 15 is 0 Å². The molecule has 0 radical (unpaired) electrons. The van der Waals surface area contributed by atoms with Crippen LogP contribution in [0.4, 0.5) is 0 Å². The number of likely N-dealkylation sites (N-methyl/N-ethyl adjacent to an activating group) is 1. The second-order valence-corrected chi connectivity index (χ2v) is 7.13. The van der Waals surface area contributed by atoms with Gasteiger partial charge in [-0.15, -0.1) is 0 Å².